The highest BCUT2D eigenvalue weighted by Crippen LogP contribution is 2.12. The number of anilines is 1. The molecule has 0 saturated carbocycles. The maximum Gasteiger partial charge on any atom is 0.332 e. The molecule has 28 heavy (non-hydrogen) atoms. The van der Waals surface area contributed by atoms with Crippen LogP contribution in [0.15, 0.2) is 39.9 Å². The zero-order valence-electron chi connectivity index (χ0n) is 15.5. The van der Waals surface area contributed by atoms with Gasteiger partial charge in [-0.05, 0) is 30.2 Å². The molecule has 0 radical (unpaired) electrons. The van der Waals surface area contributed by atoms with Crippen LogP contribution in [0.3, 0.4) is 0 Å². The summed E-state index contributed by atoms with van der Waals surface area (Å²) in [5, 5.41) is 0.513. The number of nitrogen functional groups attached to an aromatic ring is 1. The van der Waals surface area contributed by atoms with Crippen LogP contribution >= 0.6 is 11.6 Å². The Bertz CT molecular complexity index is 1050. The van der Waals surface area contributed by atoms with Gasteiger partial charge in [0, 0.05) is 24.7 Å². The Hall–Kier alpha value is -3.13. The largest absolute Gasteiger partial charge is 0.454 e. The maximum absolute atomic E-state index is 12.4. The van der Waals surface area contributed by atoms with Crippen LogP contribution in [0, 0.1) is 0 Å². The minimum absolute atomic E-state index is 0.231. The first kappa shape index (κ1) is 21.2. The van der Waals surface area contributed by atoms with Crippen LogP contribution in [0.1, 0.15) is 29.3 Å². The van der Waals surface area contributed by atoms with E-state index in [9.17, 15) is 19.2 Å². The molecule has 2 N–H and O–H groups in total. The second kappa shape index (κ2) is 9.18. The topological polar surface area (TPSA) is 113 Å². The molecule has 0 unspecified atom stereocenters. The molecule has 0 saturated heterocycles. The minimum atomic E-state index is -0.828. The predicted molar refractivity (Wildman–Crippen MR) is 106 cm³/mol. The van der Waals surface area contributed by atoms with Gasteiger partial charge in [0.1, 0.15) is 11.4 Å². The summed E-state index contributed by atoms with van der Waals surface area (Å²) in [7, 11) is 1.26. The standard InChI is InChI=1S/C19H20ClN3O5/c1-3-9-23-17(21)16(18(26)22(2)19(23)27)14(24)11-28-15(25)8-7-12-5-4-6-13(20)10-12/h4-8,10H,3,9,11,21H2,1-2H3/b8-7+. The molecule has 148 valence electrons. The van der Waals surface area contributed by atoms with Crippen molar-refractivity contribution in [2.24, 2.45) is 7.05 Å². The second-order valence-corrected chi connectivity index (χ2v) is 6.41. The number of hydrogen-bond donors (Lipinski definition) is 1. The van der Waals surface area contributed by atoms with Crippen molar-refractivity contribution in [3.8, 4) is 0 Å². The fourth-order valence-electron chi connectivity index (χ4n) is 2.52. The van der Waals surface area contributed by atoms with Crippen LogP contribution in [-0.4, -0.2) is 27.5 Å². The Balaban J connectivity index is 2.16. The molecule has 0 spiro atoms. The molecule has 0 fully saturated rings. The monoisotopic (exact) mass is 405 g/mol. The number of rotatable bonds is 7. The smallest absolute Gasteiger partial charge is 0.332 e. The SMILES string of the molecule is CCCn1c(N)c(C(=O)COC(=O)/C=C/c2cccc(Cl)c2)c(=O)n(C)c1=O. The van der Waals surface area contributed by atoms with Gasteiger partial charge in [0.15, 0.2) is 6.61 Å². The van der Waals surface area contributed by atoms with Crippen LogP contribution in [0.4, 0.5) is 5.82 Å². The van der Waals surface area contributed by atoms with Crippen LogP contribution in [0.25, 0.3) is 6.08 Å². The number of ketones is 1. The third-order valence-electron chi connectivity index (χ3n) is 3.92. The van der Waals surface area contributed by atoms with E-state index in [1.807, 2.05) is 6.92 Å². The fourth-order valence-corrected chi connectivity index (χ4v) is 2.72. The summed E-state index contributed by atoms with van der Waals surface area (Å²) < 4.78 is 6.84. The lowest BCUT2D eigenvalue weighted by Gasteiger charge is -2.13. The van der Waals surface area contributed by atoms with E-state index in [2.05, 4.69) is 0 Å². The summed E-state index contributed by atoms with van der Waals surface area (Å²) in [6, 6.07) is 6.81. The van der Waals surface area contributed by atoms with Crippen molar-refractivity contribution in [3.63, 3.8) is 0 Å². The predicted octanol–water partition coefficient (Wildman–Crippen LogP) is 1.63. The van der Waals surface area contributed by atoms with Gasteiger partial charge in [-0.25, -0.2) is 9.59 Å². The van der Waals surface area contributed by atoms with Crippen molar-refractivity contribution >= 4 is 35.2 Å². The number of carbonyl (C=O) groups excluding carboxylic acids is 2. The number of Topliss-reactive ketones (excluding diaryl/α,β-unsaturated/α-hetero) is 1. The summed E-state index contributed by atoms with van der Waals surface area (Å²) in [4.78, 5) is 48.6. The first-order valence-electron chi connectivity index (χ1n) is 8.49. The van der Waals surface area contributed by atoms with Gasteiger partial charge >= 0.3 is 11.7 Å². The molecule has 0 amide bonds. The normalized spacial score (nSPS) is 11.0. The van der Waals surface area contributed by atoms with E-state index in [1.54, 1.807) is 24.3 Å². The van der Waals surface area contributed by atoms with Crippen molar-refractivity contribution < 1.29 is 14.3 Å². The lowest BCUT2D eigenvalue weighted by molar-refractivity contribution is -0.136. The van der Waals surface area contributed by atoms with Gasteiger partial charge in [0.05, 0.1) is 0 Å². The summed E-state index contributed by atoms with van der Waals surface area (Å²) in [6.07, 6.45) is 3.20. The summed E-state index contributed by atoms with van der Waals surface area (Å²) in [6.45, 7) is 1.40. The van der Waals surface area contributed by atoms with E-state index in [-0.39, 0.29) is 17.9 Å². The van der Waals surface area contributed by atoms with Crippen molar-refractivity contribution in [1.82, 2.24) is 9.13 Å². The molecular formula is C19H20ClN3O5. The van der Waals surface area contributed by atoms with Gasteiger partial charge in [-0.3, -0.25) is 18.7 Å². The number of nitrogens with two attached hydrogens (primary N) is 1. The molecule has 0 aliphatic carbocycles. The molecule has 0 atom stereocenters. The molecule has 1 heterocycles. The van der Waals surface area contributed by atoms with E-state index in [0.29, 0.717) is 17.0 Å². The fraction of sp³-hybridized carbons (Fsp3) is 0.263. The van der Waals surface area contributed by atoms with Crippen LogP contribution < -0.4 is 17.0 Å². The minimum Gasteiger partial charge on any atom is -0.454 e. The average Bonchev–Trinajstić information content (AvgIpc) is 2.66. The van der Waals surface area contributed by atoms with Crippen LogP contribution in [-0.2, 0) is 23.1 Å². The zero-order chi connectivity index (χ0) is 20.8. The first-order valence-corrected chi connectivity index (χ1v) is 8.87. The maximum atomic E-state index is 12.4. The van der Waals surface area contributed by atoms with Gasteiger partial charge in [0.25, 0.3) is 5.56 Å². The number of halogens is 1. The number of hydrogen-bond acceptors (Lipinski definition) is 6. The Labute approximate surface area is 165 Å². The van der Waals surface area contributed by atoms with Crippen molar-refractivity contribution in [2.75, 3.05) is 12.3 Å². The van der Waals surface area contributed by atoms with Crippen molar-refractivity contribution in [3.05, 3.63) is 67.3 Å². The number of nitrogens with zero attached hydrogens (tertiary/aromatic N) is 2. The van der Waals surface area contributed by atoms with Crippen molar-refractivity contribution in [2.45, 2.75) is 19.9 Å². The van der Waals surface area contributed by atoms with Gasteiger partial charge in [-0.1, -0.05) is 30.7 Å². The number of aromatic nitrogens is 2. The lowest BCUT2D eigenvalue weighted by Crippen LogP contribution is -2.43. The number of esters is 1. The molecule has 0 aliphatic rings. The molecular weight excluding hydrogens is 386 g/mol. The third-order valence-corrected chi connectivity index (χ3v) is 4.15. The van der Waals surface area contributed by atoms with Gasteiger partial charge < -0.3 is 10.5 Å². The molecule has 8 nitrogen and oxygen atoms in total. The Kier molecular flexibility index (Phi) is 6.94. The molecule has 9 heteroatoms. The van der Waals surface area contributed by atoms with E-state index in [1.165, 1.54) is 13.1 Å². The quantitative estimate of drug-likeness (QED) is 0.425. The third kappa shape index (κ3) is 4.77. The van der Waals surface area contributed by atoms with E-state index >= 15 is 0 Å². The summed E-state index contributed by atoms with van der Waals surface area (Å²) in [5.74, 6) is -1.79. The second-order valence-electron chi connectivity index (χ2n) is 5.98. The summed E-state index contributed by atoms with van der Waals surface area (Å²) >= 11 is 5.86. The van der Waals surface area contributed by atoms with Crippen LogP contribution in [0.5, 0.6) is 0 Å². The van der Waals surface area contributed by atoms with Gasteiger partial charge in [-0.15, -0.1) is 0 Å². The molecule has 1 aromatic heterocycles. The van der Waals surface area contributed by atoms with E-state index < -0.39 is 29.6 Å². The number of benzene rings is 1. The zero-order valence-corrected chi connectivity index (χ0v) is 16.2. The highest BCUT2D eigenvalue weighted by molar-refractivity contribution is 6.30. The highest BCUT2D eigenvalue weighted by Gasteiger charge is 2.22. The average molecular weight is 406 g/mol. The van der Waals surface area contributed by atoms with Gasteiger partial charge in [0.2, 0.25) is 5.78 Å². The summed E-state index contributed by atoms with van der Waals surface area (Å²) in [5.41, 5.74) is 4.73. The lowest BCUT2D eigenvalue weighted by atomic mass is 10.2. The van der Waals surface area contributed by atoms with E-state index in [0.717, 1.165) is 15.2 Å². The molecule has 1 aromatic carbocycles. The van der Waals surface area contributed by atoms with E-state index in [4.69, 9.17) is 22.1 Å². The van der Waals surface area contributed by atoms with Gasteiger partial charge in [-0.2, -0.15) is 0 Å². The molecule has 0 bridgehead atoms. The molecule has 0 aliphatic heterocycles. The number of ether oxygens (including phenoxy) is 1. The Morgan fingerprint density at radius 3 is 2.64 bits per heavy atom. The number of carbonyl (C=O) groups is 2. The Morgan fingerprint density at radius 1 is 1.29 bits per heavy atom. The molecule has 2 rings (SSSR count). The first-order chi connectivity index (χ1) is 13.3. The van der Waals surface area contributed by atoms with Crippen molar-refractivity contribution in [1.29, 1.82) is 0 Å². The molecule has 2 aromatic rings. The Morgan fingerprint density at radius 2 is 2.00 bits per heavy atom. The highest BCUT2D eigenvalue weighted by atomic mass is 35.5. The van der Waals surface area contributed by atoms with Crippen LogP contribution in [0.2, 0.25) is 5.02 Å².